The standard InChI is InChI=1S/C25H17BrN4O3S/c26-13-17-15-33-25(29-17)21-11-16(19-7-4-8-23-20(19)9-10-27-23)12-24-22(21)14-28-30(24)34(31,32)18-5-2-1-3-6-18/h1-12,14-15,27H,13H2. The van der Waals surface area contributed by atoms with Gasteiger partial charge in [-0.2, -0.15) is 17.6 Å². The molecular formula is C25H17BrN4O3S. The molecule has 0 aliphatic heterocycles. The van der Waals surface area contributed by atoms with E-state index in [1.807, 2.05) is 42.6 Å². The van der Waals surface area contributed by atoms with Gasteiger partial charge >= 0.3 is 0 Å². The quantitative estimate of drug-likeness (QED) is 0.276. The predicted molar refractivity (Wildman–Crippen MR) is 134 cm³/mol. The molecule has 0 amide bonds. The lowest BCUT2D eigenvalue weighted by molar-refractivity contribution is 0.574. The fraction of sp³-hybridized carbons (Fsp3) is 0.0400. The first-order chi connectivity index (χ1) is 16.6. The molecule has 1 N–H and O–H groups in total. The largest absolute Gasteiger partial charge is 0.444 e. The fourth-order valence-electron chi connectivity index (χ4n) is 4.15. The van der Waals surface area contributed by atoms with Gasteiger partial charge in [-0.1, -0.05) is 46.3 Å². The molecule has 0 fully saturated rings. The molecule has 0 bridgehead atoms. The number of fused-ring (bicyclic) bond motifs is 2. The van der Waals surface area contributed by atoms with Crippen LogP contribution in [0.4, 0.5) is 0 Å². The van der Waals surface area contributed by atoms with Gasteiger partial charge in [0.2, 0.25) is 5.89 Å². The molecule has 0 radical (unpaired) electrons. The van der Waals surface area contributed by atoms with Gasteiger partial charge in [0.25, 0.3) is 10.0 Å². The topological polar surface area (TPSA) is 93.8 Å². The van der Waals surface area contributed by atoms with Gasteiger partial charge < -0.3 is 9.40 Å². The van der Waals surface area contributed by atoms with Crippen LogP contribution in [0.1, 0.15) is 5.69 Å². The first kappa shape index (κ1) is 20.9. The second kappa shape index (κ2) is 7.96. The van der Waals surface area contributed by atoms with Crippen molar-refractivity contribution in [1.29, 1.82) is 0 Å². The van der Waals surface area contributed by atoms with Crippen LogP contribution in [-0.2, 0) is 15.4 Å². The summed E-state index contributed by atoms with van der Waals surface area (Å²) in [5.74, 6) is 0.402. The van der Waals surface area contributed by atoms with Crippen molar-refractivity contribution >= 4 is 47.8 Å². The number of nitrogens with one attached hydrogen (secondary N) is 1. The highest BCUT2D eigenvalue weighted by molar-refractivity contribution is 9.08. The van der Waals surface area contributed by atoms with Crippen molar-refractivity contribution in [2.24, 2.45) is 0 Å². The van der Waals surface area contributed by atoms with Gasteiger partial charge in [-0.05, 0) is 47.5 Å². The van der Waals surface area contributed by atoms with Crippen LogP contribution in [0.2, 0.25) is 0 Å². The smallest absolute Gasteiger partial charge is 0.283 e. The van der Waals surface area contributed by atoms with Gasteiger partial charge in [0.05, 0.1) is 22.3 Å². The first-order valence-electron chi connectivity index (χ1n) is 10.5. The predicted octanol–water partition coefficient (Wildman–Crippen LogP) is 5.97. The Morgan fingerprint density at radius 2 is 1.82 bits per heavy atom. The number of rotatable bonds is 5. The molecule has 9 heteroatoms. The summed E-state index contributed by atoms with van der Waals surface area (Å²) in [4.78, 5) is 7.95. The lowest BCUT2D eigenvalue weighted by Crippen LogP contribution is -2.14. The van der Waals surface area contributed by atoms with Crippen LogP contribution in [-0.4, -0.2) is 27.6 Å². The molecule has 6 rings (SSSR count). The zero-order chi connectivity index (χ0) is 23.3. The molecular weight excluding hydrogens is 516 g/mol. The van der Waals surface area contributed by atoms with Gasteiger partial charge in [-0.15, -0.1) is 0 Å². The van der Waals surface area contributed by atoms with Crippen LogP contribution in [0.25, 0.3) is 44.4 Å². The number of hydrogen-bond donors (Lipinski definition) is 1. The summed E-state index contributed by atoms with van der Waals surface area (Å²) in [6, 6.07) is 20.1. The molecule has 0 aliphatic carbocycles. The molecule has 6 aromatic rings. The molecule has 168 valence electrons. The van der Waals surface area contributed by atoms with Crippen molar-refractivity contribution < 1.29 is 12.8 Å². The summed E-state index contributed by atoms with van der Waals surface area (Å²) >= 11 is 3.40. The Morgan fingerprint density at radius 3 is 2.62 bits per heavy atom. The van der Waals surface area contributed by atoms with E-state index in [1.54, 1.807) is 42.8 Å². The van der Waals surface area contributed by atoms with Crippen molar-refractivity contribution in [3.05, 3.63) is 91.1 Å². The lowest BCUT2D eigenvalue weighted by Gasteiger charge is -2.10. The van der Waals surface area contributed by atoms with Gasteiger partial charge in [-0.3, -0.25) is 0 Å². The number of benzene rings is 3. The Balaban J connectivity index is 1.66. The van der Waals surface area contributed by atoms with E-state index in [0.717, 1.165) is 31.8 Å². The Labute approximate surface area is 203 Å². The third-order valence-electron chi connectivity index (χ3n) is 5.75. The molecule has 3 heterocycles. The van der Waals surface area contributed by atoms with Crippen molar-refractivity contribution in [2.45, 2.75) is 10.2 Å². The minimum atomic E-state index is -3.91. The molecule has 0 aliphatic rings. The van der Waals surface area contributed by atoms with Crippen LogP contribution in [0, 0.1) is 0 Å². The molecule has 7 nitrogen and oxygen atoms in total. The second-order valence-corrected chi connectivity index (χ2v) is 10.1. The average Bonchev–Trinajstić information content (AvgIpc) is 3.63. The summed E-state index contributed by atoms with van der Waals surface area (Å²) in [5, 5.41) is 6.49. The van der Waals surface area contributed by atoms with E-state index < -0.39 is 10.0 Å². The Hall–Kier alpha value is -3.69. The first-order valence-corrected chi connectivity index (χ1v) is 13.0. The monoisotopic (exact) mass is 532 g/mol. The third kappa shape index (κ3) is 3.27. The molecule has 0 saturated heterocycles. The molecule has 3 aromatic carbocycles. The van der Waals surface area contributed by atoms with E-state index in [2.05, 4.69) is 31.0 Å². The molecule has 0 saturated carbocycles. The summed E-state index contributed by atoms with van der Waals surface area (Å²) in [6.07, 6.45) is 5.01. The van der Waals surface area contributed by atoms with Crippen molar-refractivity contribution in [1.82, 2.24) is 19.2 Å². The number of oxazole rings is 1. The number of aromatic nitrogens is 4. The SMILES string of the molecule is O=S(=O)(c1ccccc1)n1ncc2c(-c3nc(CBr)co3)cc(-c3cccc4[nH]ccc34)cc21. The number of nitrogens with zero attached hydrogens (tertiary/aromatic N) is 3. The van der Waals surface area contributed by atoms with E-state index in [1.165, 1.54) is 0 Å². The van der Waals surface area contributed by atoms with Crippen molar-refractivity contribution in [2.75, 3.05) is 0 Å². The second-order valence-electron chi connectivity index (χ2n) is 7.78. The summed E-state index contributed by atoms with van der Waals surface area (Å²) in [6.45, 7) is 0. The van der Waals surface area contributed by atoms with Gasteiger partial charge in [0, 0.05) is 33.4 Å². The zero-order valence-corrected chi connectivity index (χ0v) is 20.0. The molecule has 0 unspecified atom stereocenters. The number of H-pyrrole nitrogens is 1. The maximum Gasteiger partial charge on any atom is 0.283 e. The summed E-state index contributed by atoms with van der Waals surface area (Å²) in [7, 11) is -3.91. The highest BCUT2D eigenvalue weighted by Gasteiger charge is 2.24. The van der Waals surface area contributed by atoms with Crippen LogP contribution in [0.15, 0.2) is 94.7 Å². The minimum Gasteiger partial charge on any atom is -0.444 e. The number of alkyl halides is 1. The maximum atomic E-state index is 13.5. The van der Waals surface area contributed by atoms with Crippen LogP contribution < -0.4 is 0 Å². The van der Waals surface area contributed by atoms with Gasteiger partial charge in [0.1, 0.15) is 6.26 Å². The average molecular weight is 533 g/mol. The number of halogens is 1. The molecule has 3 aromatic heterocycles. The lowest BCUT2D eigenvalue weighted by atomic mass is 9.97. The third-order valence-corrected chi connectivity index (χ3v) is 7.94. The summed E-state index contributed by atoms with van der Waals surface area (Å²) < 4.78 is 33.8. The highest BCUT2D eigenvalue weighted by atomic mass is 79.9. The van der Waals surface area contributed by atoms with Gasteiger partial charge in [0.15, 0.2) is 0 Å². The highest BCUT2D eigenvalue weighted by Crippen LogP contribution is 2.37. The normalized spacial score (nSPS) is 12.0. The van der Waals surface area contributed by atoms with E-state index >= 15 is 0 Å². The van der Waals surface area contributed by atoms with E-state index in [-0.39, 0.29) is 4.90 Å². The molecule has 34 heavy (non-hydrogen) atoms. The van der Waals surface area contributed by atoms with Crippen molar-refractivity contribution in [3.63, 3.8) is 0 Å². The van der Waals surface area contributed by atoms with Gasteiger partial charge in [-0.25, -0.2) is 4.98 Å². The Bertz CT molecular complexity index is 1770. The van der Waals surface area contributed by atoms with Crippen LogP contribution >= 0.6 is 15.9 Å². The summed E-state index contributed by atoms with van der Waals surface area (Å²) in [5.41, 5.74) is 4.63. The van der Waals surface area contributed by atoms with E-state index in [0.29, 0.717) is 27.7 Å². The van der Waals surface area contributed by atoms with E-state index in [4.69, 9.17) is 4.42 Å². The Kier molecular flexibility index (Phi) is 4.89. The Morgan fingerprint density at radius 1 is 0.971 bits per heavy atom. The number of hydrogen-bond acceptors (Lipinski definition) is 5. The van der Waals surface area contributed by atoms with E-state index in [9.17, 15) is 8.42 Å². The number of aromatic amines is 1. The minimum absolute atomic E-state index is 0.164. The van der Waals surface area contributed by atoms with Crippen LogP contribution in [0.5, 0.6) is 0 Å². The van der Waals surface area contributed by atoms with Crippen molar-refractivity contribution in [3.8, 4) is 22.6 Å². The maximum absolute atomic E-state index is 13.5. The molecule has 0 spiro atoms. The molecule has 0 atom stereocenters. The zero-order valence-electron chi connectivity index (χ0n) is 17.6. The van der Waals surface area contributed by atoms with Crippen LogP contribution in [0.3, 0.4) is 0 Å². The fourth-order valence-corrected chi connectivity index (χ4v) is 5.69.